The third-order valence-electron chi connectivity index (χ3n) is 3.59. The molecule has 1 aliphatic rings. The molecule has 2 rings (SSSR count). The number of hydrogen-bond donors (Lipinski definition) is 1. The summed E-state index contributed by atoms with van der Waals surface area (Å²) in [5.74, 6) is 0.515. The minimum atomic E-state index is -0.0316. The smallest absolute Gasteiger partial charge is 0.255 e. The van der Waals surface area contributed by atoms with Gasteiger partial charge in [0.15, 0.2) is 0 Å². The van der Waals surface area contributed by atoms with Crippen molar-refractivity contribution in [2.75, 3.05) is 32.5 Å². The molecule has 0 aliphatic carbocycles. The van der Waals surface area contributed by atoms with Crippen LogP contribution in [0, 0.1) is 5.92 Å². The average molecular weight is 283 g/mol. The van der Waals surface area contributed by atoms with E-state index in [0.29, 0.717) is 22.2 Å². The van der Waals surface area contributed by atoms with Gasteiger partial charge in [0, 0.05) is 26.8 Å². The van der Waals surface area contributed by atoms with E-state index in [0.717, 1.165) is 32.5 Å². The minimum absolute atomic E-state index is 0.0316. The van der Waals surface area contributed by atoms with Crippen LogP contribution in [-0.4, -0.2) is 37.6 Å². The fourth-order valence-electron chi connectivity index (χ4n) is 2.43. The van der Waals surface area contributed by atoms with Gasteiger partial charge in [-0.15, -0.1) is 0 Å². The van der Waals surface area contributed by atoms with Crippen molar-refractivity contribution < 1.29 is 9.53 Å². The summed E-state index contributed by atoms with van der Waals surface area (Å²) < 4.78 is 5.16. The van der Waals surface area contributed by atoms with Crippen molar-refractivity contribution in [3.8, 4) is 0 Å². The van der Waals surface area contributed by atoms with E-state index in [2.05, 4.69) is 0 Å². The number of likely N-dealkylation sites (tertiary alicyclic amines) is 1. The Morgan fingerprint density at radius 2 is 2.16 bits per heavy atom. The summed E-state index contributed by atoms with van der Waals surface area (Å²) >= 11 is 5.95. The number of hydrogen-bond acceptors (Lipinski definition) is 3. The van der Waals surface area contributed by atoms with E-state index in [1.54, 1.807) is 25.3 Å². The molecule has 0 aromatic heterocycles. The average Bonchev–Trinajstić information content (AvgIpc) is 2.42. The molecule has 0 unspecified atom stereocenters. The third kappa shape index (κ3) is 3.19. The Balaban J connectivity index is 2.03. The van der Waals surface area contributed by atoms with Gasteiger partial charge in [0.25, 0.3) is 5.91 Å². The van der Waals surface area contributed by atoms with E-state index >= 15 is 0 Å². The highest BCUT2D eigenvalue weighted by Gasteiger charge is 2.24. The highest BCUT2D eigenvalue weighted by Crippen LogP contribution is 2.25. The van der Waals surface area contributed by atoms with Crippen LogP contribution in [0.2, 0.25) is 5.02 Å². The van der Waals surface area contributed by atoms with Crippen LogP contribution in [0.25, 0.3) is 0 Å². The first-order chi connectivity index (χ1) is 9.13. The Morgan fingerprint density at radius 3 is 2.79 bits per heavy atom. The maximum atomic E-state index is 12.4. The SMILES string of the molecule is COCC1CCN(C(=O)c2cccc(Cl)c2N)CC1. The molecule has 1 fully saturated rings. The number of benzene rings is 1. The summed E-state index contributed by atoms with van der Waals surface area (Å²) in [6.45, 7) is 2.26. The van der Waals surface area contributed by atoms with Crippen LogP contribution in [0.1, 0.15) is 23.2 Å². The van der Waals surface area contributed by atoms with Crippen LogP contribution in [0.4, 0.5) is 5.69 Å². The molecule has 1 aliphatic heterocycles. The van der Waals surface area contributed by atoms with Gasteiger partial charge >= 0.3 is 0 Å². The summed E-state index contributed by atoms with van der Waals surface area (Å²) in [5, 5.41) is 0.431. The van der Waals surface area contributed by atoms with E-state index in [1.807, 2.05) is 4.90 Å². The van der Waals surface area contributed by atoms with Gasteiger partial charge in [-0.05, 0) is 30.9 Å². The molecule has 104 valence electrons. The number of para-hydroxylation sites is 1. The maximum absolute atomic E-state index is 12.4. The van der Waals surface area contributed by atoms with Gasteiger partial charge in [-0.3, -0.25) is 4.79 Å². The fraction of sp³-hybridized carbons (Fsp3) is 0.500. The van der Waals surface area contributed by atoms with Crippen LogP contribution in [0.15, 0.2) is 18.2 Å². The summed E-state index contributed by atoms with van der Waals surface area (Å²) in [6.07, 6.45) is 1.94. The molecule has 0 saturated carbocycles. The number of carbonyl (C=O) groups is 1. The Kier molecular flexibility index (Phi) is 4.66. The molecular weight excluding hydrogens is 264 g/mol. The molecule has 1 aromatic rings. The molecule has 0 atom stereocenters. The van der Waals surface area contributed by atoms with Crippen molar-refractivity contribution in [3.05, 3.63) is 28.8 Å². The van der Waals surface area contributed by atoms with E-state index in [-0.39, 0.29) is 5.91 Å². The van der Waals surface area contributed by atoms with Crippen molar-refractivity contribution in [2.24, 2.45) is 5.92 Å². The number of methoxy groups -OCH3 is 1. The molecule has 0 radical (unpaired) electrons. The number of anilines is 1. The Labute approximate surface area is 118 Å². The fourth-order valence-corrected chi connectivity index (χ4v) is 2.61. The zero-order valence-corrected chi connectivity index (χ0v) is 11.8. The van der Waals surface area contributed by atoms with Crippen LogP contribution in [0.5, 0.6) is 0 Å². The van der Waals surface area contributed by atoms with Crippen molar-refractivity contribution in [2.45, 2.75) is 12.8 Å². The van der Waals surface area contributed by atoms with Crippen molar-refractivity contribution in [3.63, 3.8) is 0 Å². The molecule has 5 heteroatoms. The van der Waals surface area contributed by atoms with E-state index in [1.165, 1.54) is 0 Å². The zero-order chi connectivity index (χ0) is 13.8. The number of carbonyl (C=O) groups excluding carboxylic acids is 1. The lowest BCUT2D eigenvalue weighted by Gasteiger charge is -2.32. The van der Waals surface area contributed by atoms with Gasteiger partial charge < -0.3 is 15.4 Å². The van der Waals surface area contributed by atoms with Crippen molar-refractivity contribution in [1.29, 1.82) is 0 Å². The van der Waals surface area contributed by atoms with Crippen LogP contribution in [0.3, 0.4) is 0 Å². The summed E-state index contributed by atoms with van der Waals surface area (Å²) in [4.78, 5) is 14.2. The Morgan fingerprint density at radius 1 is 1.47 bits per heavy atom. The molecule has 0 bridgehead atoms. The minimum Gasteiger partial charge on any atom is -0.397 e. The molecule has 19 heavy (non-hydrogen) atoms. The lowest BCUT2D eigenvalue weighted by Crippen LogP contribution is -2.39. The van der Waals surface area contributed by atoms with E-state index in [9.17, 15) is 4.79 Å². The first-order valence-electron chi connectivity index (χ1n) is 6.45. The summed E-state index contributed by atoms with van der Waals surface area (Å²) in [7, 11) is 1.71. The molecule has 0 spiro atoms. The Hall–Kier alpha value is -1.26. The second-order valence-electron chi connectivity index (χ2n) is 4.89. The van der Waals surface area contributed by atoms with Gasteiger partial charge in [-0.1, -0.05) is 17.7 Å². The predicted molar refractivity (Wildman–Crippen MR) is 76.4 cm³/mol. The molecule has 1 saturated heterocycles. The second-order valence-corrected chi connectivity index (χ2v) is 5.30. The third-order valence-corrected chi connectivity index (χ3v) is 3.92. The monoisotopic (exact) mass is 282 g/mol. The van der Waals surface area contributed by atoms with E-state index in [4.69, 9.17) is 22.1 Å². The van der Waals surface area contributed by atoms with Gasteiger partial charge in [0.05, 0.1) is 16.3 Å². The first-order valence-corrected chi connectivity index (χ1v) is 6.83. The standard InChI is InChI=1S/C14H19ClN2O2/c1-19-9-10-5-7-17(8-6-10)14(18)11-3-2-4-12(15)13(11)16/h2-4,10H,5-9,16H2,1H3. The number of ether oxygens (including phenoxy) is 1. The number of nitrogen functional groups attached to an aromatic ring is 1. The highest BCUT2D eigenvalue weighted by atomic mass is 35.5. The second kappa shape index (κ2) is 6.26. The van der Waals surface area contributed by atoms with Gasteiger partial charge in [-0.2, -0.15) is 0 Å². The zero-order valence-electron chi connectivity index (χ0n) is 11.1. The lowest BCUT2D eigenvalue weighted by atomic mass is 9.97. The largest absolute Gasteiger partial charge is 0.397 e. The van der Waals surface area contributed by atoms with Crippen LogP contribution >= 0.6 is 11.6 Å². The molecular formula is C14H19ClN2O2. The van der Waals surface area contributed by atoms with Gasteiger partial charge in [-0.25, -0.2) is 0 Å². The number of piperidine rings is 1. The quantitative estimate of drug-likeness (QED) is 0.866. The first kappa shape index (κ1) is 14.2. The summed E-state index contributed by atoms with van der Waals surface area (Å²) in [5.41, 5.74) is 6.73. The molecule has 1 amide bonds. The normalized spacial score (nSPS) is 16.6. The Bertz CT molecular complexity index is 457. The number of nitrogens with two attached hydrogens (primary N) is 1. The predicted octanol–water partition coefficient (Wildman–Crippen LogP) is 2.42. The topological polar surface area (TPSA) is 55.6 Å². The molecule has 1 aromatic carbocycles. The summed E-state index contributed by atoms with van der Waals surface area (Å²) in [6, 6.07) is 5.17. The van der Waals surface area contributed by atoms with Crippen molar-refractivity contribution in [1.82, 2.24) is 4.90 Å². The molecule has 2 N–H and O–H groups in total. The van der Waals surface area contributed by atoms with Gasteiger partial charge in [0.2, 0.25) is 0 Å². The van der Waals surface area contributed by atoms with Crippen LogP contribution < -0.4 is 5.73 Å². The lowest BCUT2D eigenvalue weighted by molar-refractivity contribution is 0.0614. The molecule has 4 nitrogen and oxygen atoms in total. The number of halogens is 1. The van der Waals surface area contributed by atoms with E-state index < -0.39 is 0 Å². The number of rotatable bonds is 3. The molecule has 1 heterocycles. The number of amides is 1. The maximum Gasteiger partial charge on any atom is 0.255 e. The number of nitrogens with zero attached hydrogens (tertiary/aromatic N) is 1. The van der Waals surface area contributed by atoms with Crippen LogP contribution in [-0.2, 0) is 4.74 Å². The highest BCUT2D eigenvalue weighted by molar-refractivity contribution is 6.33. The van der Waals surface area contributed by atoms with Gasteiger partial charge in [0.1, 0.15) is 0 Å². The van der Waals surface area contributed by atoms with Crippen molar-refractivity contribution >= 4 is 23.2 Å².